The summed E-state index contributed by atoms with van der Waals surface area (Å²) in [7, 11) is 2.68. The van der Waals surface area contributed by atoms with Gasteiger partial charge in [0.15, 0.2) is 16.3 Å². The number of ether oxygens (including phenoxy) is 3. The van der Waals surface area contributed by atoms with Gasteiger partial charge in [0.25, 0.3) is 5.56 Å². The molecule has 0 N–H and O–H groups in total. The summed E-state index contributed by atoms with van der Waals surface area (Å²) in [4.78, 5) is 43.2. The molecule has 0 fully saturated rings. The van der Waals surface area contributed by atoms with Gasteiger partial charge in [0, 0.05) is 18.6 Å². The third-order valence-electron chi connectivity index (χ3n) is 6.30. The number of methoxy groups -OCH3 is 2. The number of hydrogen-bond acceptors (Lipinski definition) is 9. The van der Waals surface area contributed by atoms with E-state index in [-0.39, 0.29) is 17.1 Å². The van der Waals surface area contributed by atoms with Gasteiger partial charge >= 0.3 is 11.9 Å². The van der Waals surface area contributed by atoms with Crippen LogP contribution in [0, 0.1) is 0 Å². The van der Waals surface area contributed by atoms with Crippen molar-refractivity contribution in [2.45, 2.75) is 19.9 Å². The first kappa shape index (κ1) is 28.4. The molecule has 41 heavy (non-hydrogen) atoms. The van der Waals surface area contributed by atoms with Crippen LogP contribution in [0.15, 0.2) is 74.0 Å². The summed E-state index contributed by atoms with van der Waals surface area (Å²) in [6, 6.07) is 12.6. The normalized spacial score (nSPS) is 14.9. The molecule has 0 bridgehead atoms. The van der Waals surface area contributed by atoms with Crippen molar-refractivity contribution >= 4 is 52.6 Å². The molecule has 1 aliphatic rings. The van der Waals surface area contributed by atoms with Crippen LogP contribution in [-0.2, 0) is 14.3 Å². The number of hydrogen-bond donors (Lipinski definition) is 0. The fourth-order valence-electron chi connectivity index (χ4n) is 4.50. The number of rotatable bonds is 6. The van der Waals surface area contributed by atoms with Crippen molar-refractivity contribution in [2.75, 3.05) is 14.2 Å². The topological polar surface area (TPSA) is 109 Å². The number of allylic oxidation sites excluding steroid dienone is 1. The van der Waals surface area contributed by atoms with E-state index in [0.717, 1.165) is 11.3 Å². The summed E-state index contributed by atoms with van der Waals surface area (Å²) in [6.07, 6.45) is 1.60. The average Bonchev–Trinajstić information content (AvgIpc) is 3.53. The maximum atomic E-state index is 13.8. The molecule has 0 saturated carbocycles. The number of halogens is 2. The van der Waals surface area contributed by atoms with Crippen LogP contribution in [0.5, 0.6) is 11.5 Å². The van der Waals surface area contributed by atoms with E-state index >= 15 is 0 Å². The maximum absolute atomic E-state index is 13.8. The van der Waals surface area contributed by atoms with Gasteiger partial charge in [0.2, 0.25) is 0 Å². The molecule has 2 aromatic carbocycles. The lowest BCUT2D eigenvalue weighted by Gasteiger charge is -2.25. The summed E-state index contributed by atoms with van der Waals surface area (Å²) in [5.74, 6) is 0.190. The number of carbonyl (C=O) groups is 2. The molecule has 0 radical (unpaired) electrons. The third kappa shape index (κ3) is 5.33. The molecule has 0 spiro atoms. The number of benzene rings is 2. The predicted molar refractivity (Wildman–Crippen MR) is 154 cm³/mol. The molecule has 3 heterocycles. The Kier molecular flexibility index (Phi) is 7.90. The Bertz CT molecular complexity index is 1920. The minimum atomic E-state index is -0.890. The second kappa shape index (κ2) is 11.4. The number of furan rings is 1. The summed E-state index contributed by atoms with van der Waals surface area (Å²) in [6.45, 7) is 2.95. The lowest BCUT2D eigenvalue weighted by molar-refractivity contribution is -0.136. The van der Waals surface area contributed by atoms with Gasteiger partial charge < -0.3 is 18.6 Å². The van der Waals surface area contributed by atoms with E-state index in [1.54, 1.807) is 61.5 Å². The predicted octanol–water partition coefficient (Wildman–Crippen LogP) is 4.91. The SMILES string of the molecule is COC(=O)C1=C(C)N=c2s/c(=C/c3ccc(-c4cccc(Cl)c4Cl)o3)c(=O)n2[C@H]1c1ccc(OC(C)=O)c(OC)c1. The van der Waals surface area contributed by atoms with Crippen molar-refractivity contribution in [3.05, 3.63) is 101 Å². The Morgan fingerprint density at radius 3 is 2.59 bits per heavy atom. The summed E-state index contributed by atoms with van der Waals surface area (Å²) in [5, 5.41) is 0.750. The van der Waals surface area contributed by atoms with E-state index < -0.39 is 23.5 Å². The average molecular weight is 613 g/mol. The van der Waals surface area contributed by atoms with E-state index in [4.69, 9.17) is 41.8 Å². The zero-order valence-corrected chi connectivity index (χ0v) is 24.5. The van der Waals surface area contributed by atoms with Gasteiger partial charge in [-0.25, -0.2) is 9.79 Å². The van der Waals surface area contributed by atoms with Crippen molar-refractivity contribution in [1.82, 2.24) is 4.57 Å². The second-order valence-corrected chi connectivity index (χ2v) is 10.7. The number of thiazole rings is 1. The zero-order valence-electron chi connectivity index (χ0n) is 22.2. The molecular formula is C29H22Cl2N2O7S. The van der Waals surface area contributed by atoms with Gasteiger partial charge in [0.05, 0.1) is 46.1 Å². The summed E-state index contributed by atoms with van der Waals surface area (Å²) < 4.78 is 23.4. The molecule has 12 heteroatoms. The smallest absolute Gasteiger partial charge is 0.338 e. The number of fused-ring (bicyclic) bond motifs is 1. The maximum Gasteiger partial charge on any atom is 0.338 e. The standard InChI is InChI=1S/C29H22Cl2N2O7S/c1-14-24(28(36)38-4)26(16-8-10-21(39-15(2)34)22(12-16)37-3)33-27(35)23(41-29(33)32-14)13-17-9-11-20(40-17)18-6-5-7-19(30)25(18)31/h5-13,26H,1-4H3/b23-13+/t26-/m0/s1. The molecule has 0 aliphatic carbocycles. The Morgan fingerprint density at radius 2 is 1.88 bits per heavy atom. The monoisotopic (exact) mass is 612 g/mol. The van der Waals surface area contributed by atoms with E-state index in [0.29, 0.717) is 47.7 Å². The van der Waals surface area contributed by atoms with Crippen molar-refractivity contribution in [3.63, 3.8) is 0 Å². The Balaban J connectivity index is 1.65. The fraction of sp³-hybridized carbons (Fsp3) is 0.172. The van der Waals surface area contributed by atoms with Crippen molar-refractivity contribution < 1.29 is 28.2 Å². The first-order valence-electron chi connectivity index (χ1n) is 12.1. The molecule has 9 nitrogen and oxygen atoms in total. The van der Waals surface area contributed by atoms with Crippen molar-refractivity contribution in [3.8, 4) is 22.8 Å². The van der Waals surface area contributed by atoms with Gasteiger partial charge in [-0.15, -0.1) is 0 Å². The van der Waals surface area contributed by atoms with Crippen molar-refractivity contribution in [2.24, 2.45) is 4.99 Å². The molecule has 210 valence electrons. The largest absolute Gasteiger partial charge is 0.493 e. The molecule has 0 saturated heterocycles. The van der Waals surface area contributed by atoms with Crippen LogP contribution in [0.1, 0.15) is 31.2 Å². The van der Waals surface area contributed by atoms with Gasteiger partial charge in [0.1, 0.15) is 11.5 Å². The highest BCUT2D eigenvalue weighted by Gasteiger charge is 2.33. The van der Waals surface area contributed by atoms with Crippen LogP contribution in [0.4, 0.5) is 0 Å². The Hall–Kier alpha value is -4.12. The lowest BCUT2D eigenvalue weighted by atomic mass is 9.95. The molecule has 1 aliphatic heterocycles. The highest BCUT2D eigenvalue weighted by atomic mass is 35.5. The van der Waals surface area contributed by atoms with Gasteiger partial charge in [-0.05, 0) is 48.9 Å². The third-order valence-corrected chi connectivity index (χ3v) is 8.10. The van der Waals surface area contributed by atoms with E-state index in [1.165, 1.54) is 25.7 Å². The molecule has 2 aromatic heterocycles. The number of aromatic nitrogens is 1. The first-order valence-corrected chi connectivity index (χ1v) is 13.7. The van der Waals surface area contributed by atoms with Crippen LogP contribution in [0.2, 0.25) is 10.0 Å². The van der Waals surface area contributed by atoms with E-state index in [2.05, 4.69) is 4.99 Å². The number of nitrogens with zero attached hydrogens (tertiary/aromatic N) is 2. The van der Waals surface area contributed by atoms with Crippen LogP contribution in [-0.4, -0.2) is 30.7 Å². The van der Waals surface area contributed by atoms with Crippen LogP contribution in [0.25, 0.3) is 17.4 Å². The summed E-state index contributed by atoms with van der Waals surface area (Å²) >= 11 is 13.6. The van der Waals surface area contributed by atoms with Gasteiger partial charge in [-0.1, -0.05) is 46.7 Å². The molecule has 5 rings (SSSR count). The van der Waals surface area contributed by atoms with Gasteiger partial charge in [-0.3, -0.25) is 14.2 Å². The van der Waals surface area contributed by atoms with Crippen LogP contribution in [0.3, 0.4) is 0 Å². The van der Waals surface area contributed by atoms with Gasteiger partial charge in [-0.2, -0.15) is 0 Å². The molecule has 0 unspecified atom stereocenters. The molecular weight excluding hydrogens is 591 g/mol. The Morgan fingerprint density at radius 1 is 1.10 bits per heavy atom. The highest BCUT2D eigenvalue weighted by molar-refractivity contribution is 7.07. The highest BCUT2D eigenvalue weighted by Crippen LogP contribution is 2.37. The minimum absolute atomic E-state index is 0.185. The summed E-state index contributed by atoms with van der Waals surface area (Å²) in [5.41, 5.74) is 1.33. The van der Waals surface area contributed by atoms with Crippen LogP contribution >= 0.6 is 34.5 Å². The fourth-order valence-corrected chi connectivity index (χ4v) is 5.92. The molecule has 0 amide bonds. The minimum Gasteiger partial charge on any atom is -0.493 e. The lowest BCUT2D eigenvalue weighted by Crippen LogP contribution is -2.39. The molecule has 4 aromatic rings. The van der Waals surface area contributed by atoms with Crippen LogP contribution < -0.4 is 24.4 Å². The first-order chi connectivity index (χ1) is 19.6. The van der Waals surface area contributed by atoms with Crippen molar-refractivity contribution in [1.29, 1.82) is 0 Å². The molecule has 1 atom stereocenters. The number of esters is 2. The zero-order chi connectivity index (χ0) is 29.4. The quantitative estimate of drug-likeness (QED) is 0.225. The Labute approximate surface area is 247 Å². The van der Waals surface area contributed by atoms with E-state index in [1.807, 2.05) is 0 Å². The second-order valence-electron chi connectivity index (χ2n) is 8.88. The number of carbonyl (C=O) groups excluding carboxylic acids is 2. The van der Waals surface area contributed by atoms with E-state index in [9.17, 15) is 14.4 Å².